The van der Waals surface area contributed by atoms with Crippen LogP contribution in [-0.4, -0.2) is 24.2 Å². The highest BCUT2D eigenvalue weighted by molar-refractivity contribution is 8.04. The first-order valence-corrected chi connectivity index (χ1v) is 9.81. The molecule has 0 saturated carbocycles. The number of hydrogen-bond acceptors (Lipinski definition) is 4. The molecule has 3 rings (SSSR count). The van der Waals surface area contributed by atoms with Gasteiger partial charge in [0.15, 0.2) is 0 Å². The maximum Gasteiger partial charge on any atom is 0.265 e. The summed E-state index contributed by atoms with van der Waals surface area (Å²) < 4.78 is 5.43. The van der Waals surface area contributed by atoms with E-state index in [9.17, 15) is 9.59 Å². The summed E-state index contributed by atoms with van der Waals surface area (Å²) in [5.41, 5.74) is 1.66. The molecule has 2 aromatic rings. The van der Waals surface area contributed by atoms with E-state index in [-0.39, 0.29) is 11.8 Å². The van der Waals surface area contributed by atoms with Crippen molar-refractivity contribution in [1.82, 2.24) is 5.32 Å². The Hall–Kier alpha value is -2.44. The molecule has 0 unspecified atom stereocenters. The Morgan fingerprint density at radius 2 is 1.85 bits per heavy atom. The number of ether oxygens (including phenoxy) is 1. The minimum Gasteiger partial charge on any atom is -0.496 e. The van der Waals surface area contributed by atoms with Gasteiger partial charge in [0.1, 0.15) is 10.7 Å². The summed E-state index contributed by atoms with van der Waals surface area (Å²) >= 11 is 7.58. The number of anilines is 1. The van der Waals surface area contributed by atoms with Gasteiger partial charge in [-0.3, -0.25) is 9.59 Å². The molecule has 7 heteroatoms. The van der Waals surface area contributed by atoms with Crippen LogP contribution < -0.4 is 10.6 Å². The fourth-order valence-electron chi connectivity index (χ4n) is 2.61. The Morgan fingerprint density at radius 1 is 1.11 bits per heavy atom. The minimum atomic E-state index is -0.288. The van der Waals surface area contributed by atoms with Gasteiger partial charge in [-0.05, 0) is 30.7 Å². The first-order valence-electron chi connectivity index (χ1n) is 8.44. The second-order valence-electron chi connectivity index (χ2n) is 5.86. The van der Waals surface area contributed by atoms with Crippen LogP contribution in [0.4, 0.5) is 5.69 Å². The monoisotopic (exact) mass is 402 g/mol. The van der Waals surface area contributed by atoms with E-state index < -0.39 is 0 Å². The second kappa shape index (κ2) is 8.97. The summed E-state index contributed by atoms with van der Waals surface area (Å²) in [6.07, 6.45) is 0. The smallest absolute Gasteiger partial charge is 0.265 e. The van der Waals surface area contributed by atoms with E-state index in [0.717, 1.165) is 11.3 Å². The highest BCUT2D eigenvalue weighted by Gasteiger charge is 2.21. The lowest BCUT2D eigenvalue weighted by Gasteiger charge is -2.18. The van der Waals surface area contributed by atoms with Crippen molar-refractivity contribution in [3.05, 3.63) is 75.3 Å². The average molecular weight is 403 g/mol. The molecule has 0 spiro atoms. The molecule has 0 radical (unpaired) electrons. The Balaban J connectivity index is 1.72. The van der Waals surface area contributed by atoms with E-state index >= 15 is 0 Å². The van der Waals surface area contributed by atoms with Crippen LogP contribution in [0.3, 0.4) is 0 Å². The molecule has 27 heavy (non-hydrogen) atoms. The zero-order valence-electron chi connectivity index (χ0n) is 14.8. The van der Waals surface area contributed by atoms with Gasteiger partial charge in [0, 0.05) is 17.3 Å². The van der Waals surface area contributed by atoms with E-state index in [4.69, 9.17) is 16.3 Å². The number of halogens is 1. The van der Waals surface area contributed by atoms with Crippen LogP contribution >= 0.6 is 23.4 Å². The summed E-state index contributed by atoms with van der Waals surface area (Å²) in [4.78, 5) is 25.7. The first-order chi connectivity index (χ1) is 13.1. The lowest BCUT2D eigenvalue weighted by Crippen LogP contribution is -2.25. The van der Waals surface area contributed by atoms with Gasteiger partial charge in [0.25, 0.3) is 11.8 Å². The molecule has 140 valence electrons. The van der Waals surface area contributed by atoms with Crippen LogP contribution in [0, 0.1) is 0 Å². The fourth-order valence-corrected chi connectivity index (χ4v) is 3.63. The number of amides is 2. The number of para-hydroxylation sites is 1. The molecule has 0 bridgehead atoms. The van der Waals surface area contributed by atoms with Crippen LogP contribution in [0.5, 0.6) is 0 Å². The normalized spacial score (nSPS) is 13.7. The Bertz CT molecular complexity index is 898. The van der Waals surface area contributed by atoms with Gasteiger partial charge in [-0.1, -0.05) is 41.9 Å². The molecule has 2 N–H and O–H groups in total. The third-order valence-corrected chi connectivity index (χ3v) is 5.49. The van der Waals surface area contributed by atoms with Gasteiger partial charge in [-0.25, -0.2) is 0 Å². The van der Waals surface area contributed by atoms with E-state index in [0.29, 0.717) is 40.1 Å². The second-order valence-corrected chi connectivity index (χ2v) is 7.37. The van der Waals surface area contributed by atoms with Gasteiger partial charge >= 0.3 is 0 Å². The third-order valence-electron chi connectivity index (χ3n) is 3.99. The summed E-state index contributed by atoms with van der Waals surface area (Å²) in [6, 6.07) is 14.2. The summed E-state index contributed by atoms with van der Waals surface area (Å²) in [5.74, 6) is 0.761. The lowest BCUT2D eigenvalue weighted by atomic mass is 10.1. The Labute approximate surface area is 167 Å². The van der Waals surface area contributed by atoms with Crippen molar-refractivity contribution in [3.63, 3.8) is 0 Å². The molecule has 0 aromatic heterocycles. The minimum absolute atomic E-state index is 0.274. The van der Waals surface area contributed by atoms with E-state index in [1.54, 1.807) is 37.3 Å². The number of carbonyl (C=O) groups excluding carboxylic acids is 2. The largest absolute Gasteiger partial charge is 0.496 e. The predicted octanol–water partition coefficient (Wildman–Crippen LogP) is 4.20. The maximum absolute atomic E-state index is 12.6. The molecule has 5 nitrogen and oxygen atoms in total. The van der Waals surface area contributed by atoms with E-state index in [2.05, 4.69) is 10.6 Å². The maximum atomic E-state index is 12.6. The van der Waals surface area contributed by atoms with Gasteiger partial charge in [0.05, 0.1) is 17.9 Å². The third kappa shape index (κ3) is 4.84. The Kier molecular flexibility index (Phi) is 6.42. The highest BCUT2D eigenvalue weighted by atomic mass is 35.5. The molecule has 1 aliphatic rings. The standard InChI is InChI=1S/C20H19ClN2O3S/c1-13-18(27-11-10-26-13)20(25)23-17-9-5-3-7-15(17)19(24)22-12-14-6-2-4-8-16(14)21/h2-9H,10-12H2,1H3,(H,22,24)(H,23,25). The van der Waals surface area contributed by atoms with E-state index in [1.165, 1.54) is 11.8 Å². The molecule has 0 atom stereocenters. The van der Waals surface area contributed by atoms with Crippen molar-refractivity contribution in [1.29, 1.82) is 0 Å². The summed E-state index contributed by atoms with van der Waals surface area (Å²) in [5, 5.41) is 6.25. The molecule has 0 aliphatic carbocycles. The number of allylic oxidation sites excluding steroid dienone is 1. The fraction of sp³-hybridized carbons (Fsp3) is 0.200. The summed E-state index contributed by atoms with van der Waals surface area (Å²) in [6.45, 7) is 2.66. The topological polar surface area (TPSA) is 67.4 Å². The number of thioether (sulfide) groups is 1. The van der Waals surface area contributed by atoms with Crippen molar-refractivity contribution in [2.24, 2.45) is 0 Å². The SMILES string of the molecule is CC1=C(C(=O)Nc2ccccc2C(=O)NCc2ccccc2Cl)SCCO1. The zero-order valence-corrected chi connectivity index (χ0v) is 16.3. The van der Waals surface area contributed by atoms with Crippen LogP contribution in [0.15, 0.2) is 59.2 Å². The quantitative estimate of drug-likeness (QED) is 0.786. The number of rotatable bonds is 5. The van der Waals surface area contributed by atoms with Gasteiger partial charge in [-0.2, -0.15) is 0 Å². The predicted molar refractivity (Wildman–Crippen MR) is 109 cm³/mol. The molecular formula is C20H19ClN2O3S. The molecular weight excluding hydrogens is 384 g/mol. The molecule has 1 aliphatic heterocycles. The molecule has 2 amide bonds. The van der Waals surface area contributed by atoms with Crippen molar-refractivity contribution < 1.29 is 14.3 Å². The summed E-state index contributed by atoms with van der Waals surface area (Å²) in [7, 11) is 0. The number of carbonyl (C=O) groups is 2. The van der Waals surface area contributed by atoms with Crippen LogP contribution in [0.25, 0.3) is 0 Å². The van der Waals surface area contributed by atoms with Crippen molar-refractivity contribution in [3.8, 4) is 0 Å². The molecule has 1 heterocycles. The lowest BCUT2D eigenvalue weighted by molar-refractivity contribution is -0.112. The average Bonchev–Trinajstić information content (AvgIpc) is 2.68. The van der Waals surface area contributed by atoms with Crippen LogP contribution in [-0.2, 0) is 16.1 Å². The van der Waals surface area contributed by atoms with Crippen LogP contribution in [0.1, 0.15) is 22.8 Å². The molecule has 2 aromatic carbocycles. The zero-order chi connectivity index (χ0) is 19.2. The van der Waals surface area contributed by atoms with Crippen molar-refractivity contribution in [2.45, 2.75) is 13.5 Å². The number of nitrogens with one attached hydrogen (secondary N) is 2. The van der Waals surface area contributed by atoms with Gasteiger partial charge < -0.3 is 15.4 Å². The van der Waals surface area contributed by atoms with Gasteiger partial charge in [0.2, 0.25) is 0 Å². The first kappa shape index (κ1) is 19.3. The van der Waals surface area contributed by atoms with Crippen molar-refractivity contribution in [2.75, 3.05) is 17.7 Å². The van der Waals surface area contributed by atoms with Gasteiger partial charge in [-0.15, -0.1) is 11.8 Å². The van der Waals surface area contributed by atoms with Crippen LogP contribution in [0.2, 0.25) is 5.02 Å². The molecule has 0 fully saturated rings. The Morgan fingerprint density at radius 3 is 2.63 bits per heavy atom. The number of benzene rings is 2. The molecule has 0 saturated heterocycles. The van der Waals surface area contributed by atoms with E-state index in [1.807, 2.05) is 18.2 Å². The highest BCUT2D eigenvalue weighted by Crippen LogP contribution is 2.27. The number of hydrogen-bond donors (Lipinski definition) is 2. The van der Waals surface area contributed by atoms with Crippen molar-refractivity contribution >= 4 is 40.9 Å².